The van der Waals surface area contributed by atoms with E-state index in [1.165, 1.54) is 30.3 Å². The molecule has 3 rings (SSSR count). The topological polar surface area (TPSA) is 40.5 Å². The molecule has 2 aromatic carbocycles. The third kappa shape index (κ3) is 4.83. The van der Waals surface area contributed by atoms with Crippen molar-refractivity contribution in [3.8, 4) is 0 Å². The molecule has 27 heavy (non-hydrogen) atoms. The molecule has 1 saturated heterocycles. The van der Waals surface area contributed by atoms with Crippen LogP contribution in [0.25, 0.3) is 0 Å². The first-order chi connectivity index (χ1) is 12.9. The van der Waals surface area contributed by atoms with Crippen LogP contribution in [0.5, 0.6) is 0 Å². The first kappa shape index (κ1) is 19.7. The molecule has 5 heteroatoms. The highest BCUT2D eigenvalue weighted by Gasteiger charge is 2.35. The van der Waals surface area contributed by atoms with Crippen molar-refractivity contribution in [3.05, 3.63) is 82.1 Å². The first-order valence-corrected chi connectivity index (χ1v) is 9.43. The van der Waals surface area contributed by atoms with Gasteiger partial charge in [0.1, 0.15) is 5.82 Å². The normalized spacial score (nSPS) is 17.3. The lowest BCUT2D eigenvalue weighted by Crippen LogP contribution is -2.42. The van der Waals surface area contributed by atoms with Crippen molar-refractivity contribution in [2.24, 2.45) is 0 Å². The van der Waals surface area contributed by atoms with E-state index < -0.39 is 5.60 Å². The fourth-order valence-electron chi connectivity index (χ4n) is 3.39. The van der Waals surface area contributed by atoms with Gasteiger partial charge in [-0.2, -0.15) is 0 Å². The van der Waals surface area contributed by atoms with Gasteiger partial charge in [-0.3, -0.25) is 9.69 Å². The maximum absolute atomic E-state index is 12.9. The summed E-state index contributed by atoms with van der Waals surface area (Å²) in [5.41, 5.74) is 1.42. The molecule has 0 saturated carbocycles. The van der Waals surface area contributed by atoms with Gasteiger partial charge in [0.05, 0.1) is 5.60 Å². The number of ketones is 1. The van der Waals surface area contributed by atoms with Crippen molar-refractivity contribution < 1.29 is 14.3 Å². The van der Waals surface area contributed by atoms with Crippen LogP contribution in [0.1, 0.15) is 34.3 Å². The smallest absolute Gasteiger partial charge is 0.185 e. The van der Waals surface area contributed by atoms with Crippen LogP contribution in [0.2, 0.25) is 5.02 Å². The summed E-state index contributed by atoms with van der Waals surface area (Å²) in [5.74, 6) is -0.500. The second kappa shape index (κ2) is 8.34. The number of carbonyl (C=O) groups excluding carboxylic acids is 1. The van der Waals surface area contributed by atoms with Gasteiger partial charge in [0.2, 0.25) is 0 Å². The summed E-state index contributed by atoms with van der Waals surface area (Å²) in [5, 5.41) is 11.6. The van der Waals surface area contributed by atoms with Crippen LogP contribution in [0, 0.1) is 12.7 Å². The number of hydrogen-bond donors (Lipinski definition) is 1. The van der Waals surface area contributed by atoms with Crippen LogP contribution in [0.4, 0.5) is 4.39 Å². The van der Waals surface area contributed by atoms with E-state index in [1.807, 2.05) is 31.2 Å². The lowest BCUT2D eigenvalue weighted by Gasteiger charge is -2.38. The van der Waals surface area contributed by atoms with E-state index in [9.17, 15) is 14.3 Å². The summed E-state index contributed by atoms with van der Waals surface area (Å²) in [6.45, 7) is 4.04. The Labute approximate surface area is 164 Å². The average Bonchev–Trinajstić information content (AvgIpc) is 2.64. The molecule has 2 aromatic rings. The summed E-state index contributed by atoms with van der Waals surface area (Å²) in [7, 11) is 0. The van der Waals surface area contributed by atoms with E-state index in [1.54, 1.807) is 0 Å². The Morgan fingerprint density at radius 3 is 2.52 bits per heavy atom. The number of aliphatic hydroxyl groups is 1. The van der Waals surface area contributed by atoms with E-state index in [0.29, 0.717) is 30.0 Å². The average molecular weight is 388 g/mol. The minimum Gasteiger partial charge on any atom is -0.385 e. The van der Waals surface area contributed by atoms with Gasteiger partial charge >= 0.3 is 0 Å². The molecule has 0 spiro atoms. The Morgan fingerprint density at radius 1 is 1.22 bits per heavy atom. The first-order valence-electron chi connectivity index (χ1n) is 9.05. The van der Waals surface area contributed by atoms with E-state index in [2.05, 4.69) is 4.90 Å². The van der Waals surface area contributed by atoms with Gasteiger partial charge in [0, 0.05) is 35.8 Å². The largest absolute Gasteiger partial charge is 0.385 e. The summed E-state index contributed by atoms with van der Waals surface area (Å²) in [6, 6.07) is 11.3. The number of benzene rings is 2. The Bertz CT molecular complexity index is 840. The second-order valence-electron chi connectivity index (χ2n) is 7.09. The molecule has 0 aromatic heterocycles. The Balaban J connectivity index is 1.54. The van der Waals surface area contributed by atoms with Crippen molar-refractivity contribution in [1.29, 1.82) is 0 Å². The lowest BCUT2D eigenvalue weighted by atomic mass is 9.84. The molecule has 0 unspecified atom stereocenters. The minimum atomic E-state index is -0.908. The number of halogens is 2. The summed E-state index contributed by atoms with van der Waals surface area (Å²) in [4.78, 5) is 14.3. The molecule has 1 heterocycles. The molecule has 0 radical (unpaired) electrons. The summed E-state index contributed by atoms with van der Waals surface area (Å²) in [6.07, 6.45) is 4.52. The molecule has 0 atom stereocenters. The van der Waals surface area contributed by atoms with Crippen molar-refractivity contribution in [1.82, 2.24) is 4.90 Å². The van der Waals surface area contributed by atoms with Gasteiger partial charge < -0.3 is 5.11 Å². The molecule has 0 aliphatic carbocycles. The van der Waals surface area contributed by atoms with Crippen LogP contribution in [-0.4, -0.2) is 35.4 Å². The molecule has 1 N–H and O–H groups in total. The highest BCUT2D eigenvalue weighted by molar-refractivity contribution is 6.31. The SMILES string of the molecule is Cc1ccc(C2(O)CCN(CC=CC(=O)c3ccc(F)cc3)CC2)c(Cl)c1. The van der Waals surface area contributed by atoms with Crippen LogP contribution in [0.3, 0.4) is 0 Å². The molecule has 1 fully saturated rings. The van der Waals surface area contributed by atoms with Crippen molar-refractivity contribution >= 4 is 17.4 Å². The van der Waals surface area contributed by atoms with E-state index in [-0.39, 0.29) is 11.6 Å². The van der Waals surface area contributed by atoms with Gasteiger partial charge in [-0.1, -0.05) is 29.8 Å². The van der Waals surface area contributed by atoms with E-state index in [0.717, 1.165) is 24.2 Å². The number of aryl methyl sites for hydroxylation is 1. The molecule has 142 valence electrons. The molecular weight excluding hydrogens is 365 g/mol. The predicted molar refractivity (Wildman–Crippen MR) is 106 cm³/mol. The Morgan fingerprint density at radius 2 is 1.89 bits per heavy atom. The van der Waals surface area contributed by atoms with Crippen molar-refractivity contribution in [3.63, 3.8) is 0 Å². The van der Waals surface area contributed by atoms with Crippen LogP contribution >= 0.6 is 11.6 Å². The summed E-state index contributed by atoms with van der Waals surface area (Å²) < 4.78 is 12.9. The number of nitrogens with zero attached hydrogens (tertiary/aromatic N) is 1. The molecule has 0 bridgehead atoms. The predicted octanol–water partition coefficient (Wildman–Crippen LogP) is 4.51. The number of likely N-dealkylation sites (tertiary alicyclic amines) is 1. The van der Waals surface area contributed by atoms with Gasteiger partial charge in [0.25, 0.3) is 0 Å². The lowest BCUT2D eigenvalue weighted by molar-refractivity contribution is -0.0233. The van der Waals surface area contributed by atoms with Gasteiger partial charge in [-0.15, -0.1) is 0 Å². The van der Waals surface area contributed by atoms with Crippen molar-refractivity contribution in [2.45, 2.75) is 25.4 Å². The van der Waals surface area contributed by atoms with Gasteiger partial charge in [0.15, 0.2) is 5.78 Å². The number of allylic oxidation sites excluding steroid dienone is 1. The second-order valence-corrected chi connectivity index (χ2v) is 7.50. The third-order valence-electron chi connectivity index (χ3n) is 5.07. The monoisotopic (exact) mass is 387 g/mol. The highest BCUT2D eigenvalue weighted by atomic mass is 35.5. The zero-order chi connectivity index (χ0) is 19.4. The molecule has 1 aliphatic rings. The number of hydrogen-bond acceptors (Lipinski definition) is 3. The number of carbonyl (C=O) groups is 1. The molecular formula is C22H23ClFNO2. The van der Waals surface area contributed by atoms with Crippen molar-refractivity contribution in [2.75, 3.05) is 19.6 Å². The zero-order valence-corrected chi connectivity index (χ0v) is 16.0. The van der Waals surface area contributed by atoms with Crippen LogP contribution in [-0.2, 0) is 5.60 Å². The third-order valence-corrected chi connectivity index (χ3v) is 5.38. The number of rotatable bonds is 5. The standard InChI is InChI=1S/C22H23ClFNO2/c1-16-4-9-19(20(23)15-16)22(27)10-13-25(14-11-22)12-2-3-21(26)17-5-7-18(24)8-6-17/h2-9,15,27H,10-14H2,1H3. The zero-order valence-electron chi connectivity index (χ0n) is 15.3. The number of piperidine rings is 1. The van der Waals surface area contributed by atoms with E-state index >= 15 is 0 Å². The van der Waals surface area contributed by atoms with E-state index in [4.69, 9.17) is 11.6 Å². The molecule has 3 nitrogen and oxygen atoms in total. The highest BCUT2D eigenvalue weighted by Crippen LogP contribution is 2.37. The molecule has 0 amide bonds. The Kier molecular flexibility index (Phi) is 6.10. The van der Waals surface area contributed by atoms with Gasteiger partial charge in [-0.25, -0.2) is 4.39 Å². The van der Waals surface area contributed by atoms with Crippen LogP contribution in [0.15, 0.2) is 54.6 Å². The fourth-order valence-corrected chi connectivity index (χ4v) is 3.80. The fraction of sp³-hybridized carbons (Fsp3) is 0.318. The van der Waals surface area contributed by atoms with Gasteiger partial charge in [-0.05, 0) is 61.7 Å². The Hall–Kier alpha value is -2.01. The maximum atomic E-state index is 12.9. The minimum absolute atomic E-state index is 0.144. The quantitative estimate of drug-likeness (QED) is 0.606. The maximum Gasteiger partial charge on any atom is 0.185 e. The van der Waals surface area contributed by atoms with Crippen LogP contribution < -0.4 is 0 Å². The summed E-state index contributed by atoms with van der Waals surface area (Å²) >= 11 is 6.33. The molecule has 1 aliphatic heterocycles.